The third-order valence-electron chi connectivity index (χ3n) is 1.01. The van der Waals surface area contributed by atoms with Gasteiger partial charge in [0.15, 0.2) is 0 Å². The summed E-state index contributed by atoms with van der Waals surface area (Å²) in [5.74, 6) is 0. The van der Waals surface area contributed by atoms with E-state index in [4.69, 9.17) is 18.0 Å². The molecule has 0 aromatic rings. The zero-order chi connectivity index (χ0) is 10.2. The molecule has 0 N–H and O–H groups in total. The summed E-state index contributed by atoms with van der Waals surface area (Å²) in [6.45, 7) is 4.36. The molecule has 0 saturated heterocycles. The summed E-state index contributed by atoms with van der Waals surface area (Å²) in [5.41, 5.74) is 0. The Balaban J connectivity index is 4.19. The average molecular weight is 212 g/mol. The molecule has 0 spiro atoms. The highest BCUT2D eigenvalue weighted by atomic mass is 28.4. The van der Waals surface area contributed by atoms with Crippen molar-refractivity contribution in [1.82, 2.24) is 0 Å². The molecule has 0 rings (SSSR count). The SMILES string of the molecule is CCO[Si](OCC)(OOC)OOC. The van der Waals surface area contributed by atoms with E-state index < -0.39 is 9.05 Å². The fourth-order valence-corrected chi connectivity index (χ4v) is 2.13. The van der Waals surface area contributed by atoms with Crippen molar-refractivity contribution in [3.8, 4) is 0 Å². The van der Waals surface area contributed by atoms with Gasteiger partial charge in [-0.3, -0.25) is 0 Å². The first-order valence-corrected chi connectivity index (χ1v) is 5.59. The minimum absolute atomic E-state index is 0.388. The minimum atomic E-state index is -3.24. The molecule has 80 valence electrons. The number of hydrogen-bond donors (Lipinski definition) is 0. The van der Waals surface area contributed by atoms with Crippen molar-refractivity contribution in [2.24, 2.45) is 0 Å². The van der Waals surface area contributed by atoms with E-state index in [9.17, 15) is 0 Å². The fourth-order valence-electron chi connectivity index (χ4n) is 0.709. The Morgan fingerprint density at radius 2 is 1.23 bits per heavy atom. The maximum atomic E-state index is 5.17. The van der Waals surface area contributed by atoms with Gasteiger partial charge in [-0.2, -0.15) is 9.15 Å². The van der Waals surface area contributed by atoms with E-state index in [1.807, 2.05) is 0 Å². The zero-order valence-corrected chi connectivity index (χ0v) is 9.36. The lowest BCUT2D eigenvalue weighted by molar-refractivity contribution is -0.321. The molecule has 0 radical (unpaired) electrons. The summed E-state index contributed by atoms with van der Waals surface area (Å²) in [6, 6.07) is 0. The van der Waals surface area contributed by atoms with E-state index >= 15 is 0 Å². The van der Waals surface area contributed by atoms with Crippen molar-refractivity contribution in [2.75, 3.05) is 27.4 Å². The lowest BCUT2D eigenvalue weighted by Crippen LogP contribution is -2.48. The second kappa shape index (κ2) is 7.39. The molecule has 0 amide bonds. The van der Waals surface area contributed by atoms with Gasteiger partial charge in [-0.15, -0.1) is 0 Å². The molecule has 0 aromatic heterocycles. The average Bonchev–Trinajstić information content (AvgIpc) is 2.06. The molecule has 13 heavy (non-hydrogen) atoms. The minimum Gasteiger partial charge on any atom is -0.349 e. The molecule has 6 nitrogen and oxygen atoms in total. The lowest BCUT2D eigenvalue weighted by Gasteiger charge is -2.22. The van der Waals surface area contributed by atoms with Crippen molar-refractivity contribution in [3.05, 3.63) is 0 Å². The smallest absolute Gasteiger partial charge is 0.349 e. The Morgan fingerprint density at radius 1 is 0.846 bits per heavy atom. The number of hydrogen-bond acceptors (Lipinski definition) is 6. The van der Waals surface area contributed by atoms with Gasteiger partial charge in [0.2, 0.25) is 0 Å². The molecule has 0 aromatic carbocycles. The summed E-state index contributed by atoms with van der Waals surface area (Å²) >= 11 is 0. The van der Waals surface area contributed by atoms with E-state index in [2.05, 4.69) is 9.78 Å². The van der Waals surface area contributed by atoms with Crippen LogP contribution >= 0.6 is 0 Å². The fraction of sp³-hybridized carbons (Fsp3) is 1.00. The van der Waals surface area contributed by atoms with E-state index in [1.165, 1.54) is 14.2 Å². The first kappa shape index (κ1) is 13.0. The van der Waals surface area contributed by atoms with Crippen LogP contribution < -0.4 is 0 Å². The van der Waals surface area contributed by atoms with Crippen LogP contribution in [-0.2, 0) is 27.8 Å². The van der Waals surface area contributed by atoms with Gasteiger partial charge in [-0.25, -0.2) is 9.78 Å². The van der Waals surface area contributed by atoms with E-state index in [1.54, 1.807) is 13.8 Å². The van der Waals surface area contributed by atoms with Crippen LogP contribution in [-0.4, -0.2) is 36.5 Å². The molecule has 0 aliphatic heterocycles. The number of rotatable bonds is 8. The van der Waals surface area contributed by atoms with Crippen LogP contribution in [0.1, 0.15) is 13.8 Å². The standard InChI is InChI=1S/C6H16O6Si/c1-5-9-13(10-6-2,11-7-3)12-8-4/h5-6H2,1-4H3. The molecule has 0 heterocycles. The van der Waals surface area contributed by atoms with Gasteiger partial charge in [0, 0.05) is 13.2 Å². The van der Waals surface area contributed by atoms with Crippen LogP contribution in [0.25, 0.3) is 0 Å². The normalized spacial score (nSPS) is 12.0. The predicted molar refractivity (Wildman–Crippen MR) is 45.2 cm³/mol. The molecule has 0 aliphatic rings. The van der Waals surface area contributed by atoms with Gasteiger partial charge in [-0.05, 0) is 13.8 Å². The van der Waals surface area contributed by atoms with Gasteiger partial charge in [-0.1, -0.05) is 0 Å². The van der Waals surface area contributed by atoms with Gasteiger partial charge in [0.25, 0.3) is 0 Å². The van der Waals surface area contributed by atoms with Crippen LogP contribution in [0.4, 0.5) is 0 Å². The van der Waals surface area contributed by atoms with E-state index in [0.29, 0.717) is 13.2 Å². The monoisotopic (exact) mass is 212 g/mol. The maximum absolute atomic E-state index is 5.17. The summed E-state index contributed by atoms with van der Waals surface area (Å²) in [7, 11) is -0.548. The van der Waals surface area contributed by atoms with E-state index in [0.717, 1.165) is 0 Å². The largest absolute Gasteiger partial charge is 0.736 e. The van der Waals surface area contributed by atoms with Crippen molar-refractivity contribution in [3.63, 3.8) is 0 Å². The van der Waals surface area contributed by atoms with Crippen LogP contribution in [0.2, 0.25) is 0 Å². The lowest BCUT2D eigenvalue weighted by atomic mass is 10.9. The second-order valence-electron chi connectivity index (χ2n) is 1.87. The Kier molecular flexibility index (Phi) is 7.37. The van der Waals surface area contributed by atoms with Crippen LogP contribution in [0.5, 0.6) is 0 Å². The highest BCUT2D eigenvalue weighted by molar-refractivity contribution is 6.52. The quantitative estimate of drug-likeness (QED) is 0.334. The van der Waals surface area contributed by atoms with Crippen LogP contribution in [0.3, 0.4) is 0 Å². The van der Waals surface area contributed by atoms with Crippen molar-refractivity contribution >= 4 is 9.05 Å². The molecular formula is C6H16O6Si. The van der Waals surface area contributed by atoms with Gasteiger partial charge in [0.05, 0.1) is 14.2 Å². The van der Waals surface area contributed by atoms with Gasteiger partial charge >= 0.3 is 9.05 Å². The van der Waals surface area contributed by atoms with Crippen LogP contribution in [0.15, 0.2) is 0 Å². The molecule has 0 aliphatic carbocycles. The second-order valence-corrected chi connectivity index (χ2v) is 3.78. The summed E-state index contributed by atoms with van der Waals surface area (Å²) < 4.78 is 19.9. The molecule has 0 bridgehead atoms. The highest BCUT2D eigenvalue weighted by Crippen LogP contribution is 2.11. The predicted octanol–water partition coefficient (Wildman–Crippen LogP) is 0.651. The molecule has 0 atom stereocenters. The molecule has 7 heteroatoms. The topological polar surface area (TPSA) is 55.4 Å². The zero-order valence-electron chi connectivity index (χ0n) is 8.36. The van der Waals surface area contributed by atoms with Crippen molar-refractivity contribution in [1.29, 1.82) is 0 Å². The van der Waals surface area contributed by atoms with Gasteiger partial charge < -0.3 is 8.85 Å². The Labute approximate surface area is 79.0 Å². The Morgan fingerprint density at radius 3 is 1.46 bits per heavy atom. The maximum Gasteiger partial charge on any atom is 0.736 e. The summed E-state index contributed by atoms with van der Waals surface area (Å²) in [5, 5.41) is 0. The summed E-state index contributed by atoms with van der Waals surface area (Å²) in [4.78, 5) is 8.94. The third-order valence-corrected chi connectivity index (χ3v) is 3.04. The third kappa shape index (κ3) is 4.67. The Bertz CT molecular complexity index is 92.2. The van der Waals surface area contributed by atoms with Crippen molar-refractivity contribution in [2.45, 2.75) is 13.8 Å². The molecular weight excluding hydrogens is 196 g/mol. The van der Waals surface area contributed by atoms with Crippen molar-refractivity contribution < 1.29 is 27.8 Å². The first-order valence-electron chi connectivity index (χ1n) is 3.96. The van der Waals surface area contributed by atoms with Crippen LogP contribution in [0, 0.1) is 0 Å². The van der Waals surface area contributed by atoms with Gasteiger partial charge in [0.1, 0.15) is 0 Å². The summed E-state index contributed by atoms with van der Waals surface area (Å²) in [6.07, 6.45) is 0. The molecule has 0 saturated carbocycles. The highest BCUT2D eigenvalue weighted by Gasteiger charge is 2.49. The molecule has 0 unspecified atom stereocenters. The Hall–Kier alpha value is -0.0231. The first-order chi connectivity index (χ1) is 6.24. The van der Waals surface area contributed by atoms with E-state index in [-0.39, 0.29) is 0 Å². The molecule has 0 fully saturated rings.